The summed E-state index contributed by atoms with van der Waals surface area (Å²) in [6.07, 6.45) is 17.9. The number of rotatable bonds is 18. The number of hydrogen-bond acceptors (Lipinski definition) is 5. The third-order valence-electron chi connectivity index (χ3n) is 15.3. The van der Waals surface area contributed by atoms with E-state index in [0.717, 1.165) is 44.1 Å². The average Bonchev–Trinajstić information content (AvgIpc) is 3.36. The minimum absolute atomic E-state index is 0.0118. The molecular formula is C50H96O5Si4. The van der Waals surface area contributed by atoms with E-state index in [4.69, 9.17) is 24.3 Å². The van der Waals surface area contributed by atoms with Crippen molar-refractivity contribution in [3.63, 3.8) is 0 Å². The maximum absolute atomic E-state index is 13.9. The fourth-order valence-electron chi connectivity index (χ4n) is 10.5. The van der Waals surface area contributed by atoms with E-state index in [1.807, 2.05) is 13.8 Å². The highest BCUT2D eigenvalue weighted by atomic mass is 28.4. The van der Waals surface area contributed by atoms with E-state index >= 15 is 0 Å². The molecule has 0 aromatic rings. The fraction of sp³-hybridized carbons (Fsp3) is 0.860. The van der Waals surface area contributed by atoms with E-state index < -0.39 is 38.9 Å². The SMILES string of the molecule is C=C1/C(=C/C=C2CCC[C@]3(C)[C@@H]([C@@H](CCCC(C)(C)O[Si](C)(C)C)CCC(=O)C(C)(C)O[Si](C)(C)C)CC[C@@H]23)C[C@H](O[Si](C)(C)C(C)(C)C)C[C@H]1O[Si](C)(C)C(C)(C)C. The standard InChI is InChI=1S/C50H96O5Si4/c1-37-40(35-41(52-58(19,20)46(2,3)4)36-44(37)53-59(21,22)47(5,6)7)28-27-38-26-24-34-50(12)42(38)30-31-43(50)39(25-23-33-48(8,9)54-56(13,14)15)29-32-45(51)49(10,11)55-57(16,17)18/h27-28,39,41-44H,1,23-26,29-36H2,2-22H3/b38-27?,40-28+/t39-,41-,42-,43+,44+,50-/m0/s1. The Balaban J connectivity index is 1.95. The zero-order valence-electron chi connectivity index (χ0n) is 42.8. The molecule has 0 aromatic carbocycles. The second-order valence-electron chi connectivity index (χ2n) is 25.7. The van der Waals surface area contributed by atoms with Crippen molar-refractivity contribution in [2.45, 2.75) is 252 Å². The predicted octanol–water partition coefficient (Wildman–Crippen LogP) is 15.6. The van der Waals surface area contributed by atoms with Crippen molar-refractivity contribution >= 4 is 39.1 Å². The molecular weight excluding hydrogens is 793 g/mol. The summed E-state index contributed by atoms with van der Waals surface area (Å²) in [4.78, 5) is 13.9. The summed E-state index contributed by atoms with van der Waals surface area (Å²) in [6.45, 7) is 52.9. The van der Waals surface area contributed by atoms with E-state index in [1.54, 1.807) is 5.57 Å². The van der Waals surface area contributed by atoms with Gasteiger partial charge in [0.1, 0.15) is 5.60 Å². The van der Waals surface area contributed by atoms with Gasteiger partial charge in [0, 0.05) is 12.8 Å². The van der Waals surface area contributed by atoms with Crippen LogP contribution in [0.4, 0.5) is 0 Å². The van der Waals surface area contributed by atoms with E-state index in [2.05, 4.69) is 140 Å². The molecule has 0 aromatic heterocycles. The van der Waals surface area contributed by atoms with Gasteiger partial charge in [-0.25, -0.2) is 0 Å². The second-order valence-corrected chi connectivity index (χ2v) is 44.0. The summed E-state index contributed by atoms with van der Waals surface area (Å²) in [5, 5.41) is 0.273. The number of allylic oxidation sites excluding steroid dienone is 3. The van der Waals surface area contributed by atoms with Crippen LogP contribution in [0.1, 0.15) is 153 Å². The van der Waals surface area contributed by atoms with Crippen molar-refractivity contribution in [2.75, 3.05) is 0 Å². The molecule has 0 heterocycles. The van der Waals surface area contributed by atoms with E-state index in [-0.39, 0.29) is 39.1 Å². The Morgan fingerprint density at radius 1 is 0.797 bits per heavy atom. The second kappa shape index (κ2) is 19.0. The molecule has 0 aliphatic heterocycles. The number of ketones is 1. The summed E-state index contributed by atoms with van der Waals surface area (Å²) in [5.41, 5.74) is 3.49. The molecule has 3 fully saturated rings. The Bertz CT molecular complexity index is 1510. The van der Waals surface area contributed by atoms with Crippen molar-refractivity contribution in [2.24, 2.45) is 23.2 Å². The van der Waals surface area contributed by atoms with Crippen LogP contribution in [-0.4, -0.2) is 62.5 Å². The lowest BCUT2D eigenvalue weighted by atomic mass is 9.60. The fourth-order valence-corrected chi connectivity index (χ4v) is 16.5. The maximum atomic E-state index is 13.9. The van der Waals surface area contributed by atoms with Gasteiger partial charge in [-0.3, -0.25) is 4.79 Å². The molecule has 0 bridgehead atoms. The summed E-state index contributed by atoms with van der Waals surface area (Å²) in [6, 6.07) is 0. The molecule has 3 saturated carbocycles. The summed E-state index contributed by atoms with van der Waals surface area (Å²) in [7, 11) is -7.55. The molecule has 9 heteroatoms. The van der Waals surface area contributed by atoms with Crippen molar-refractivity contribution in [3.05, 3.63) is 35.5 Å². The van der Waals surface area contributed by atoms with Gasteiger partial charge in [-0.1, -0.05) is 85.6 Å². The molecule has 342 valence electrons. The molecule has 6 atom stereocenters. The van der Waals surface area contributed by atoms with Crippen LogP contribution in [0.5, 0.6) is 0 Å². The van der Waals surface area contributed by atoms with Gasteiger partial charge in [0.2, 0.25) is 0 Å². The molecule has 59 heavy (non-hydrogen) atoms. The Labute approximate surface area is 370 Å². The summed E-state index contributed by atoms with van der Waals surface area (Å²) >= 11 is 0. The quantitative estimate of drug-likeness (QED) is 0.128. The third kappa shape index (κ3) is 14.6. The van der Waals surface area contributed by atoms with Gasteiger partial charge in [0.05, 0.1) is 17.8 Å². The molecule has 3 aliphatic carbocycles. The molecule has 5 nitrogen and oxygen atoms in total. The number of carbonyl (C=O) groups excluding carboxylic acids is 1. The normalized spacial score (nSPS) is 27.7. The molecule has 0 spiro atoms. The first-order valence-corrected chi connectivity index (χ1v) is 36.4. The molecule has 0 unspecified atom stereocenters. The van der Waals surface area contributed by atoms with Gasteiger partial charge in [-0.15, -0.1) is 0 Å². The van der Waals surface area contributed by atoms with Gasteiger partial charge in [-0.05, 0) is 189 Å². The maximum Gasteiger partial charge on any atom is 0.192 e. The van der Waals surface area contributed by atoms with Gasteiger partial charge < -0.3 is 17.7 Å². The first kappa shape index (κ1) is 52.9. The van der Waals surface area contributed by atoms with Crippen molar-refractivity contribution in [3.8, 4) is 0 Å². The Morgan fingerprint density at radius 3 is 1.90 bits per heavy atom. The topological polar surface area (TPSA) is 54.0 Å². The van der Waals surface area contributed by atoms with E-state index in [9.17, 15) is 4.79 Å². The van der Waals surface area contributed by atoms with Crippen LogP contribution in [0.15, 0.2) is 35.5 Å². The Kier molecular flexibility index (Phi) is 17.0. The lowest BCUT2D eigenvalue weighted by Gasteiger charge is -2.46. The molecule has 0 radical (unpaired) electrons. The van der Waals surface area contributed by atoms with Crippen LogP contribution >= 0.6 is 0 Å². The van der Waals surface area contributed by atoms with Crippen LogP contribution in [0, 0.1) is 23.2 Å². The van der Waals surface area contributed by atoms with Crippen LogP contribution in [0.2, 0.25) is 75.5 Å². The highest BCUT2D eigenvalue weighted by molar-refractivity contribution is 6.74. The van der Waals surface area contributed by atoms with Gasteiger partial charge >= 0.3 is 0 Å². The summed E-state index contributed by atoms with van der Waals surface area (Å²) in [5.74, 6) is 1.96. The monoisotopic (exact) mass is 889 g/mol. The van der Waals surface area contributed by atoms with Crippen LogP contribution in [-0.2, 0) is 22.5 Å². The van der Waals surface area contributed by atoms with Crippen molar-refractivity contribution in [1.82, 2.24) is 0 Å². The van der Waals surface area contributed by atoms with Gasteiger partial charge in [0.25, 0.3) is 0 Å². The third-order valence-corrected chi connectivity index (χ3v) is 26.6. The Morgan fingerprint density at radius 2 is 1.36 bits per heavy atom. The number of hydrogen-bond donors (Lipinski definition) is 0. The molecule has 0 N–H and O–H groups in total. The largest absolute Gasteiger partial charge is 0.413 e. The van der Waals surface area contributed by atoms with Crippen molar-refractivity contribution < 1.29 is 22.5 Å². The van der Waals surface area contributed by atoms with Gasteiger partial charge in [-0.2, -0.15) is 0 Å². The lowest BCUT2D eigenvalue weighted by molar-refractivity contribution is -0.133. The molecule has 0 amide bonds. The highest BCUT2D eigenvalue weighted by Gasteiger charge is 2.52. The average molecular weight is 890 g/mol. The molecule has 0 saturated heterocycles. The van der Waals surface area contributed by atoms with Crippen LogP contribution < -0.4 is 0 Å². The van der Waals surface area contributed by atoms with Crippen molar-refractivity contribution in [1.29, 1.82) is 0 Å². The number of fused-ring (bicyclic) bond motifs is 1. The highest BCUT2D eigenvalue weighted by Crippen LogP contribution is 2.61. The summed E-state index contributed by atoms with van der Waals surface area (Å²) < 4.78 is 27.5. The zero-order valence-corrected chi connectivity index (χ0v) is 46.8. The number of carbonyl (C=O) groups is 1. The van der Waals surface area contributed by atoms with E-state index in [0.29, 0.717) is 24.2 Å². The minimum atomic E-state index is -2.04. The Hall–Kier alpha value is -0.402. The first-order valence-electron chi connectivity index (χ1n) is 23.8. The first-order chi connectivity index (χ1) is 26.4. The van der Waals surface area contributed by atoms with Crippen LogP contribution in [0.3, 0.4) is 0 Å². The minimum Gasteiger partial charge on any atom is -0.413 e. The predicted molar refractivity (Wildman–Crippen MR) is 265 cm³/mol. The smallest absolute Gasteiger partial charge is 0.192 e. The zero-order chi connectivity index (χ0) is 45.4. The van der Waals surface area contributed by atoms with Crippen LogP contribution in [0.25, 0.3) is 0 Å². The lowest BCUT2D eigenvalue weighted by Crippen LogP contribution is -2.49. The molecule has 3 aliphatic rings. The molecule has 3 rings (SSSR count). The number of Topliss-reactive ketones (excluding diaryl/α,β-unsaturated/α-hetero) is 1. The van der Waals surface area contributed by atoms with E-state index in [1.165, 1.54) is 37.7 Å². The van der Waals surface area contributed by atoms with Gasteiger partial charge in [0.15, 0.2) is 39.1 Å².